The van der Waals surface area contributed by atoms with Crippen LogP contribution in [0.25, 0.3) is 11.3 Å². The minimum absolute atomic E-state index is 0.0185. The molecule has 0 fully saturated rings. The van der Waals surface area contributed by atoms with Crippen molar-refractivity contribution in [1.82, 2.24) is 10.1 Å². The van der Waals surface area contributed by atoms with Gasteiger partial charge in [-0.3, -0.25) is 4.79 Å². The second-order valence-electron chi connectivity index (χ2n) is 4.10. The van der Waals surface area contributed by atoms with Gasteiger partial charge >= 0.3 is 0 Å². The van der Waals surface area contributed by atoms with E-state index in [9.17, 15) is 4.79 Å². The van der Waals surface area contributed by atoms with E-state index in [4.69, 9.17) is 4.52 Å². The van der Waals surface area contributed by atoms with Gasteiger partial charge in [0.25, 0.3) is 5.91 Å². The lowest BCUT2D eigenvalue weighted by Crippen LogP contribution is -2.21. The average molecular weight is 245 g/mol. The highest BCUT2D eigenvalue weighted by Gasteiger charge is 2.09. The third-order valence-corrected chi connectivity index (χ3v) is 2.59. The first-order valence-electron chi connectivity index (χ1n) is 5.58. The molecule has 0 saturated carbocycles. The number of carbonyl (C=O) groups is 1. The maximum absolute atomic E-state index is 11.7. The van der Waals surface area contributed by atoms with E-state index >= 15 is 0 Å². The summed E-state index contributed by atoms with van der Waals surface area (Å²) in [4.78, 5) is 13.3. The molecule has 0 radical (unpaired) electrons. The van der Waals surface area contributed by atoms with Crippen molar-refractivity contribution >= 4 is 11.7 Å². The summed E-state index contributed by atoms with van der Waals surface area (Å²) >= 11 is 0. The predicted octanol–water partition coefficient (Wildman–Crippen LogP) is 2.09. The second kappa shape index (κ2) is 4.91. The van der Waals surface area contributed by atoms with Crippen molar-refractivity contribution in [1.29, 1.82) is 0 Å². The highest BCUT2D eigenvalue weighted by atomic mass is 16.5. The Bertz CT molecular complexity index is 544. The summed E-state index contributed by atoms with van der Waals surface area (Å²) in [6.45, 7) is 0. The number of rotatable bonds is 3. The highest BCUT2D eigenvalue weighted by molar-refractivity contribution is 5.94. The lowest BCUT2D eigenvalue weighted by Gasteiger charge is -2.09. The van der Waals surface area contributed by atoms with Gasteiger partial charge in [-0.15, -0.1) is 0 Å². The quantitative estimate of drug-likeness (QED) is 0.899. The number of nitrogens with one attached hydrogen (secondary N) is 1. The molecule has 1 amide bonds. The van der Waals surface area contributed by atoms with Crippen LogP contribution in [0.15, 0.2) is 34.9 Å². The Morgan fingerprint density at radius 2 is 1.94 bits per heavy atom. The van der Waals surface area contributed by atoms with Crippen LogP contribution in [0.5, 0.6) is 0 Å². The van der Waals surface area contributed by atoms with Gasteiger partial charge in [0, 0.05) is 38.3 Å². The van der Waals surface area contributed by atoms with Gasteiger partial charge in [-0.1, -0.05) is 17.3 Å². The highest BCUT2D eigenvalue weighted by Crippen LogP contribution is 2.22. The van der Waals surface area contributed by atoms with E-state index in [1.54, 1.807) is 38.2 Å². The fourth-order valence-corrected chi connectivity index (χ4v) is 1.56. The van der Waals surface area contributed by atoms with Crippen molar-refractivity contribution < 1.29 is 9.32 Å². The van der Waals surface area contributed by atoms with Gasteiger partial charge in [0.05, 0.1) is 0 Å². The van der Waals surface area contributed by atoms with Crippen molar-refractivity contribution in [2.75, 3.05) is 26.5 Å². The lowest BCUT2D eigenvalue weighted by molar-refractivity contribution is 0.0827. The van der Waals surface area contributed by atoms with Gasteiger partial charge in [-0.05, 0) is 12.1 Å². The zero-order valence-electron chi connectivity index (χ0n) is 10.6. The molecule has 0 unspecified atom stereocenters. The van der Waals surface area contributed by atoms with Crippen LogP contribution in [0.4, 0.5) is 5.82 Å². The van der Waals surface area contributed by atoms with E-state index in [1.165, 1.54) is 0 Å². The summed E-state index contributed by atoms with van der Waals surface area (Å²) < 4.78 is 5.18. The number of amides is 1. The molecule has 0 aliphatic heterocycles. The summed E-state index contributed by atoms with van der Waals surface area (Å²) in [6.07, 6.45) is 0. The predicted molar refractivity (Wildman–Crippen MR) is 69.5 cm³/mol. The molecule has 94 valence electrons. The number of nitrogens with zero attached hydrogens (tertiary/aromatic N) is 2. The summed E-state index contributed by atoms with van der Waals surface area (Å²) in [5.41, 5.74) is 1.54. The van der Waals surface area contributed by atoms with Crippen LogP contribution in [0, 0.1) is 0 Å². The summed E-state index contributed by atoms with van der Waals surface area (Å²) in [5, 5.41) is 6.73. The van der Waals surface area contributed by atoms with Crippen molar-refractivity contribution in [3.05, 3.63) is 35.9 Å². The normalized spacial score (nSPS) is 10.2. The molecule has 2 aromatic rings. The molecule has 0 atom stereocenters. The Hall–Kier alpha value is -2.30. The fraction of sp³-hybridized carbons (Fsp3) is 0.231. The molecule has 5 nitrogen and oxygen atoms in total. The molecule has 2 rings (SSSR count). The topological polar surface area (TPSA) is 58.4 Å². The third kappa shape index (κ3) is 2.34. The summed E-state index contributed by atoms with van der Waals surface area (Å²) in [5.74, 6) is 1.33. The van der Waals surface area contributed by atoms with Gasteiger partial charge in [0.2, 0.25) is 0 Å². The number of hydrogen-bond donors (Lipinski definition) is 1. The van der Waals surface area contributed by atoms with Crippen molar-refractivity contribution in [2.24, 2.45) is 0 Å². The largest absolute Gasteiger partial charge is 0.370 e. The van der Waals surface area contributed by atoms with Crippen LogP contribution in [-0.2, 0) is 0 Å². The maximum atomic E-state index is 11.7. The van der Waals surface area contributed by atoms with Gasteiger partial charge < -0.3 is 14.7 Å². The molecule has 0 aliphatic carbocycles. The van der Waals surface area contributed by atoms with Gasteiger partial charge in [0.15, 0.2) is 11.6 Å². The summed E-state index contributed by atoms with van der Waals surface area (Å²) in [7, 11) is 5.23. The Balaban J connectivity index is 2.24. The molecule has 0 saturated heterocycles. The van der Waals surface area contributed by atoms with Crippen LogP contribution >= 0.6 is 0 Å². The standard InChI is InChI=1S/C13H15N3O2/c1-14-12-8-11(18-15-12)9-4-6-10(7-5-9)13(17)16(2)3/h4-8H,1-3H3,(H,14,15). The van der Waals surface area contributed by atoms with Crippen LogP contribution in [-0.4, -0.2) is 37.1 Å². The molecule has 1 aromatic carbocycles. The van der Waals surface area contributed by atoms with E-state index in [0.717, 1.165) is 5.56 Å². The van der Waals surface area contributed by atoms with Crippen LogP contribution in [0.1, 0.15) is 10.4 Å². The first-order valence-corrected chi connectivity index (χ1v) is 5.58. The molecule has 5 heteroatoms. The second-order valence-corrected chi connectivity index (χ2v) is 4.10. The first kappa shape index (κ1) is 12.2. The van der Waals surface area contributed by atoms with E-state index < -0.39 is 0 Å². The first-order chi connectivity index (χ1) is 8.61. The van der Waals surface area contributed by atoms with Gasteiger partial charge in [-0.2, -0.15) is 0 Å². The monoisotopic (exact) mass is 245 g/mol. The molecule has 1 N–H and O–H groups in total. The lowest BCUT2D eigenvalue weighted by atomic mass is 10.1. The molecule has 1 heterocycles. The molecule has 1 aromatic heterocycles. The Labute approximate surface area is 105 Å². The van der Waals surface area contributed by atoms with Crippen molar-refractivity contribution in [3.8, 4) is 11.3 Å². The zero-order chi connectivity index (χ0) is 13.1. The van der Waals surface area contributed by atoms with Crippen molar-refractivity contribution in [3.63, 3.8) is 0 Å². The van der Waals surface area contributed by atoms with Crippen molar-refractivity contribution in [2.45, 2.75) is 0 Å². The van der Waals surface area contributed by atoms with Gasteiger partial charge in [-0.25, -0.2) is 0 Å². The SMILES string of the molecule is CNc1cc(-c2ccc(C(=O)N(C)C)cc2)on1. The molecular weight excluding hydrogens is 230 g/mol. The Kier molecular flexibility index (Phi) is 3.32. The number of benzene rings is 1. The Morgan fingerprint density at radius 1 is 1.28 bits per heavy atom. The van der Waals surface area contributed by atoms with E-state index in [1.807, 2.05) is 18.2 Å². The molecule has 0 aliphatic rings. The number of aromatic nitrogens is 1. The maximum Gasteiger partial charge on any atom is 0.253 e. The number of hydrogen-bond acceptors (Lipinski definition) is 4. The average Bonchev–Trinajstić information content (AvgIpc) is 2.86. The van der Waals surface area contributed by atoms with E-state index in [2.05, 4.69) is 10.5 Å². The van der Waals surface area contributed by atoms with Crippen LogP contribution in [0.2, 0.25) is 0 Å². The van der Waals surface area contributed by atoms with Gasteiger partial charge in [0.1, 0.15) is 0 Å². The third-order valence-electron chi connectivity index (χ3n) is 2.59. The zero-order valence-corrected chi connectivity index (χ0v) is 10.6. The molecule has 18 heavy (non-hydrogen) atoms. The van der Waals surface area contributed by atoms with E-state index in [0.29, 0.717) is 17.1 Å². The van der Waals surface area contributed by atoms with E-state index in [-0.39, 0.29) is 5.91 Å². The number of carbonyl (C=O) groups excluding carboxylic acids is 1. The minimum Gasteiger partial charge on any atom is -0.370 e. The molecule has 0 bridgehead atoms. The Morgan fingerprint density at radius 3 is 2.44 bits per heavy atom. The minimum atomic E-state index is -0.0185. The number of anilines is 1. The van der Waals surface area contributed by atoms with Crippen LogP contribution in [0.3, 0.4) is 0 Å². The fourth-order valence-electron chi connectivity index (χ4n) is 1.56. The molecule has 0 spiro atoms. The molecular formula is C13H15N3O2. The summed E-state index contributed by atoms with van der Waals surface area (Å²) in [6, 6.07) is 9.05. The smallest absolute Gasteiger partial charge is 0.253 e. The van der Waals surface area contributed by atoms with Crippen LogP contribution < -0.4 is 5.32 Å².